The normalized spacial score (nSPS) is 11.3. The third-order valence-corrected chi connectivity index (χ3v) is 2.91. The SMILES string of the molecule is CCn1c(=O)[nH]c(=O)c2[nH]c(-c3ccn(C)n3)nc21. The van der Waals surface area contributed by atoms with E-state index in [0.29, 0.717) is 23.7 Å². The molecule has 0 aliphatic heterocycles. The van der Waals surface area contributed by atoms with Crippen molar-refractivity contribution >= 4 is 11.2 Å². The summed E-state index contributed by atoms with van der Waals surface area (Å²) < 4.78 is 3.04. The van der Waals surface area contributed by atoms with E-state index in [9.17, 15) is 9.59 Å². The molecule has 0 saturated carbocycles. The molecule has 0 spiro atoms. The number of rotatable bonds is 2. The number of imidazole rings is 1. The van der Waals surface area contributed by atoms with E-state index in [4.69, 9.17) is 0 Å². The van der Waals surface area contributed by atoms with Gasteiger partial charge in [0, 0.05) is 19.8 Å². The van der Waals surface area contributed by atoms with Gasteiger partial charge in [-0.2, -0.15) is 5.10 Å². The Morgan fingerprint density at radius 3 is 2.74 bits per heavy atom. The zero-order valence-electron chi connectivity index (χ0n) is 10.5. The van der Waals surface area contributed by atoms with E-state index in [0.717, 1.165) is 0 Å². The Morgan fingerprint density at radius 2 is 2.11 bits per heavy atom. The Kier molecular flexibility index (Phi) is 2.37. The molecule has 0 saturated heterocycles. The molecule has 98 valence electrons. The van der Waals surface area contributed by atoms with Crippen LogP contribution in [0, 0.1) is 0 Å². The second-order valence-electron chi connectivity index (χ2n) is 4.16. The third kappa shape index (κ3) is 1.68. The number of hydrogen-bond donors (Lipinski definition) is 2. The summed E-state index contributed by atoms with van der Waals surface area (Å²) in [5.41, 5.74) is 0.311. The summed E-state index contributed by atoms with van der Waals surface area (Å²) in [6.07, 6.45) is 1.78. The molecule has 0 aromatic carbocycles. The van der Waals surface area contributed by atoms with Crippen molar-refractivity contribution in [2.24, 2.45) is 7.05 Å². The molecule has 3 aromatic heterocycles. The summed E-state index contributed by atoms with van der Waals surface area (Å²) in [6.45, 7) is 2.24. The van der Waals surface area contributed by atoms with Crippen molar-refractivity contribution in [2.45, 2.75) is 13.5 Å². The maximum Gasteiger partial charge on any atom is 0.330 e. The number of nitrogens with zero attached hydrogens (tertiary/aromatic N) is 4. The zero-order chi connectivity index (χ0) is 13.6. The summed E-state index contributed by atoms with van der Waals surface area (Å²) in [7, 11) is 1.79. The van der Waals surface area contributed by atoms with Crippen LogP contribution in [0.2, 0.25) is 0 Å². The van der Waals surface area contributed by atoms with Crippen LogP contribution >= 0.6 is 0 Å². The monoisotopic (exact) mass is 260 g/mol. The van der Waals surface area contributed by atoms with Crippen molar-refractivity contribution in [3.63, 3.8) is 0 Å². The molecule has 0 aliphatic rings. The van der Waals surface area contributed by atoms with Gasteiger partial charge in [-0.05, 0) is 13.0 Å². The highest BCUT2D eigenvalue weighted by Crippen LogP contribution is 2.15. The van der Waals surface area contributed by atoms with Crippen molar-refractivity contribution in [1.82, 2.24) is 29.3 Å². The molecule has 19 heavy (non-hydrogen) atoms. The highest BCUT2D eigenvalue weighted by Gasteiger charge is 2.14. The van der Waals surface area contributed by atoms with E-state index in [1.807, 2.05) is 6.92 Å². The van der Waals surface area contributed by atoms with Crippen molar-refractivity contribution in [3.8, 4) is 11.5 Å². The van der Waals surface area contributed by atoms with Crippen LogP contribution in [-0.4, -0.2) is 29.3 Å². The molecule has 0 unspecified atom stereocenters. The molecule has 2 N–H and O–H groups in total. The van der Waals surface area contributed by atoms with Gasteiger partial charge in [-0.25, -0.2) is 9.78 Å². The number of fused-ring (bicyclic) bond motifs is 1. The number of aromatic nitrogens is 6. The van der Waals surface area contributed by atoms with Gasteiger partial charge in [0.2, 0.25) is 0 Å². The van der Waals surface area contributed by atoms with Crippen molar-refractivity contribution < 1.29 is 0 Å². The average molecular weight is 260 g/mol. The van der Waals surface area contributed by atoms with Gasteiger partial charge < -0.3 is 4.98 Å². The highest BCUT2D eigenvalue weighted by atomic mass is 16.2. The number of aromatic amines is 2. The molecule has 0 radical (unpaired) electrons. The minimum Gasteiger partial charge on any atom is -0.331 e. The lowest BCUT2D eigenvalue weighted by molar-refractivity contribution is 0.719. The lowest BCUT2D eigenvalue weighted by Gasteiger charge is -1.99. The third-order valence-electron chi connectivity index (χ3n) is 2.91. The predicted molar refractivity (Wildman–Crippen MR) is 68.9 cm³/mol. The zero-order valence-corrected chi connectivity index (χ0v) is 10.5. The summed E-state index contributed by atoms with van der Waals surface area (Å²) in [5.74, 6) is 0.467. The summed E-state index contributed by atoms with van der Waals surface area (Å²) >= 11 is 0. The molecule has 0 atom stereocenters. The van der Waals surface area contributed by atoms with Crippen molar-refractivity contribution in [2.75, 3.05) is 0 Å². The van der Waals surface area contributed by atoms with Crippen LogP contribution in [0.25, 0.3) is 22.7 Å². The molecule has 3 heterocycles. The van der Waals surface area contributed by atoms with Gasteiger partial charge in [-0.1, -0.05) is 0 Å². The van der Waals surface area contributed by atoms with Gasteiger partial charge in [0.25, 0.3) is 5.56 Å². The lowest BCUT2D eigenvalue weighted by atomic mass is 10.4. The standard InChI is InChI=1S/C11H12N6O2/c1-3-17-9-7(10(18)14-11(17)19)12-8(13-9)6-4-5-16(2)15-6/h4-5H,3H2,1-2H3,(H,12,13)(H,14,18,19). The second-order valence-corrected chi connectivity index (χ2v) is 4.16. The molecule has 0 bridgehead atoms. The Hall–Kier alpha value is -2.64. The van der Waals surface area contributed by atoms with E-state index in [-0.39, 0.29) is 5.52 Å². The number of nitrogens with one attached hydrogen (secondary N) is 2. The average Bonchev–Trinajstić information content (AvgIpc) is 2.96. The highest BCUT2D eigenvalue weighted by molar-refractivity contribution is 5.74. The van der Waals surface area contributed by atoms with E-state index < -0.39 is 11.2 Å². The molecule has 8 nitrogen and oxygen atoms in total. The van der Waals surface area contributed by atoms with Crippen LogP contribution in [0.1, 0.15) is 6.92 Å². The molecule has 3 aromatic rings. The fourth-order valence-electron chi connectivity index (χ4n) is 2.00. The largest absolute Gasteiger partial charge is 0.331 e. The molecular formula is C11H12N6O2. The first-order chi connectivity index (χ1) is 9.10. The number of hydrogen-bond acceptors (Lipinski definition) is 4. The maximum absolute atomic E-state index is 11.8. The fourth-order valence-corrected chi connectivity index (χ4v) is 2.00. The number of H-pyrrole nitrogens is 2. The van der Waals surface area contributed by atoms with Gasteiger partial charge in [0.05, 0.1) is 0 Å². The van der Waals surface area contributed by atoms with E-state index >= 15 is 0 Å². The van der Waals surface area contributed by atoms with Gasteiger partial charge >= 0.3 is 5.69 Å². The predicted octanol–water partition coefficient (Wildman–Crippen LogP) is -0.167. The topological polar surface area (TPSA) is 101 Å². The molecule has 0 aliphatic carbocycles. The quantitative estimate of drug-likeness (QED) is 0.668. The van der Waals surface area contributed by atoms with Crippen LogP contribution in [0.5, 0.6) is 0 Å². The molecule has 0 fully saturated rings. The fraction of sp³-hybridized carbons (Fsp3) is 0.273. The minimum absolute atomic E-state index is 0.280. The van der Waals surface area contributed by atoms with Crippen molar-refractivity contribution in [3.05, 3.63) is 33.1 Å². The molecule has 0 amide bonds. The Balaban J connectivity index is 2.34. The van der Waals surface area contributed by atoms with E-state index in [1.165, 1.54) is 4.57 Å². The number of aryl methyl sites for hydroxylation is 2. The smallest absolute Gasteiger partial charge is 0.330 e. The maximum atomic E-state index is 11.8. The summed E-state index contributed by atoms with van der Waals surface area (Å²) in [5, 5.41) is 4.21. The van der Waals surface area contributed by atoms with E-state index in [2.05, 4.69) is 20.1 Å². The van der Waals surface area contributed by atoms with Crippen LogP contribution in [-0.2, 0) is 13.6 Å². The van der Waals surface area contributed by atoms with E-state index in [1.54, 1.807) is 24.0 Å². The van der Waals surface area contributed by atoms with Crippen LogP contribution in [0.4, 0.5) is 0 Å². The van der Waals surface area contributed by atoms with Gasteiger partial charge in [-0.3, -0.25) is 19.0 Å². The van der Waals surface area contributed by atoms with Gasteiger partial charge in [-0.15, -0.1) is 0 Å². The first kappa shape index (κ1) is 11.5. The first-order valence-electron chi connectivity index (χ1n) is 5.83. The van der Waals surface area contributed by atoms with Crippen LogP contribution < -0.4 is 11.2 Å². The Morgan fingerprint density at radius 1 is 1.32 bits per heavy atom. The summed E-state index contributed by atoms with van der Waals surface area (Å²) in [6, 6.07) is 1.78. The Bertz CT molecular complexity index is 865. The summed E-state index contributed by atoms with van der Waals surface area (Å²) in [4.78, 5) is 32.9. The first-order valence-corrected chi connectivity index (χ1v) is 5.83. The van der Waals surface area contributed by atoms with Crippen LogP contribution in [0.15, 0.2) is 21.9 Å². The molecule has 3 rings (SSSR count). The Labute approximate surface area is 106 Å². The lowest BCUT2D eigenvalue weighted by Crippen LogP contribution is -2.29. The van der Waals surface area contributed by atoms with Gasteiger partial charge in [0.1, 0.15) is 11.2 Å². The van der Waals surface area contributed by atoms with Crippen molar-refractivity contribution in [1.29, 1.82) is 0 Å². The van der Waals surface area contributed by atoms with Crippen LogP contribution in [0.3, 0.4) is 0 Å². The molecule has 8 heteroatoms. The minimum atomic E-state index is -0.473. The molecular weight excluding hydrogens is 248 g/mol. The second kappa shape index (κ2) is 3.94. The van der Waals surface area contributed by atoms with Gasteiger partial charge in [0.15, 0.2) is 11.5 Å².